The van der Waals surface area contributed by atoms with Crippen molar-refractivity contribution in [2.75, 3.05) is 0 Å². The third-order valence-corrected chi connectivity index (χ3v) is 3.39. The lowest BCUT2D eigenvalue weighted by Crippen LogP contribution is -1.94. The smallest absolute Gasteiger partial charge is 0.160 e. The quantitative estimate of drug-likeness (QED) is 0.537. The van der Waals surface area contributed by atoms with Gasteiger partial charge in [-0.1, -0.05) is 48.5 Å². The summed E-state index contributed by atoms with van der Waals surface area (Å²) < 4.78 is 5.53. The minimum Gasteiger partial charge on any atom is -0.463 e. The summed E-state index contributed by atoms with van der Waals surface area (Å²) in [5.74, 6) is 1.46. The van der Waals surface area contributed by atoms with E-state index in [4.69, 9.17) is 9.40 Å². The second kappa shape index (κ2) is 4.87. The third kappa shape index (κ3) is 2.09. The lowest BCUT2D eigenvalue weighted by molar-refractivity contribution is 0.580. The molecule has 0 atom stereocenters. The largest absolute Gasteiger partial charge is 0.463 e. The number of para-hydroxylation sites is 1. The van der Waals surface area contributed by atoms with Gasteiger partial charge in [0.2, 0.25) is 0 Å². The van der Waals surface area contributed by atoms with Crippen LogP contribution in [-0.2, 0) is 0 Å². The molecule has 2 aromatic carbocycles. The molecule has 0 amide bonds. The van der Waals surface area contributed by atoms with Crippen molar-refractivity contribution in [1.82, 2.24) is 9.97 Å². The highest BCUT2D eigenvalue weighted by Gasteiger charge is 2.12. The van der Waals surface area contributed by atoms with E-state index >= 15 is 0 Å². The molecule has 0 unspecified atom stereocenters. The Bertz CT molecular complexity index is 884. The Morgan fingerprint density at radius 1 is 0.714 bits per heavy atom. The Labute approximate surface area is 121 Å². The van der Waals surface area contributed by atoms with Crippen molar-refractivity contribution in [2.24, 2.45) is 0 Å². The molecule has 0 saturated heterocycles. The van der Waals surface area contributed by atoms with Gasteiger partial charge in [0.15, 0.2) is 11.6 Å². The summed E-state index contributed by atoms with van der Waals surface area (Å²) >= 11 is 0. The second-order valence-electron chi connectivity index (χ2n) is 4.76. The maximum absolute atomic E-state index is 5.53. The van der Waals surface area contributed by atoms with E-state index in [2.05, 4.69) is 4.98 Å². The molecule has 0 aliphatic heterocycles. The summed E-state index contributed by atoms with van der Waals surface area (Å²) in [6, 6.07) is 21.7. The fraction of sp³-hybridized carbons (Fsp3) is 0. The molecule has 3 nitrogen and oxygen atoms in total. The van der Waals surface area contributed by atoms with Crippen LogP contribution in [0, 0.1) is 0 Å². The van der Waals surface area contributed by atoms with Crippen molar-refractivity contribution < 1.29 is 4.42 Å². The van der Waals surface area contributed by atoms with E-state index in [-0.39, 0.29) is 0 Å². The molecule has 0 radical (unpaired) electrons. The number of hydrogen-bond acceptors (Lipinski definition) is 3. The van der Waals surface area contributed by atoms with Gasteiger partial charge in [-0.25, -0.2) is 9.97 Å². The summed E-state index contributed by atoms with van der Waals surface area (Å²) in [7, 11) is 0. The van der Waals surface area contributed by atoms with Crippen molar-refractivity contribution in [2.45, 2.75) is 0 Å². The van der Waals surface area contributed by atoms with Crippen LogP contribution in [0.1, 0.15) is 0 Å². The predicted molar refractivity (Wildman–Crippen MR) is 82.7 cm³/mol. The van der Waals surface area contributed by atoms with E-state index in [0.717, 1.165) is 27.9 Å². The standard InChI is InChI=1S/C18H12N2O/c1-2-7-13(8-3-1)18-19-15-10-5-4-9-14(15)17(20-18)16-11-6-12-21-16/h1-12H. The molecule has 3 heteroatoms. The first-order valence-electron chi connectivity index (χ1n) is 6.78. The molecule has 4 aromatic rings. The molecule has 2 aromatic heterocycles. The average Bonchev–Trinajstić information content (AvgIpc) is 3.09. The molecule has 0 aliphatic rings. The van der Waals surface area contributed by atoms with E-state index in [1.54, 1.807) is 6.26 Å². The first-order chi connectivity index (χ1) is 10.4. The van der Waals surface area contributed by atoms with E-state index in [1.165, 1.54) is 0 Å². The molecule has 0 bridgehead atoms. The van der Waals surface area contributed by atoms with E-state index < -0.39 is 0 Å². The Morgan fingerprint density at radius 2 is 1.52 bits per heavy atom. The SMILES string of the molecule is c1ccc(-c2nc(-c3ccco3)c3ccccc3n2)cc1. The van der Waals surface area contributed by atoms with Crippen LogP contribution in [0.2, 0.25) is 0 Å². The molecular weight excluding hydrogens is 260 g/mol. The molecule has 0 fully saturated rings. The van der Waals surface area contributed by atoms with Crippen LogP contribution in [0.4, 0.5) is 0 Å². The van der Waals surface area contributed by atoms with Crippen molar-refractivity contribution in [1.29, 1.82) is 0 Å². The van der Waals surface area contributed by atoms with Gasteiger partial charge in [0.1, 0.15) is 5.69 Å². The van der Waals surface area contributed by atoms with Crippen LogP contribution in [-0.4, -0.2) is 9.97 Å². The van der Waals surface area contributed by atoms with E-state index in [9.17, 15) is 0 Å². The van der Waals surface area contributed by atoms with Crippen LogP contribution in [0.3, 0.4) is 0 Å². The van der Waals surface area contributed by atoms with Crippen molar-refractivity contribution >= 4 is 10.9 Å². The fourth-order valence-electron chi connectivity index (χ4n) is 2.39. The maximum Gasteiger partial charge on any atom is 0.160 e. The third-order valence-electron chi connectivity index (χ3n) is 3.39. The zero-order valence-corrected chi connectivity index (χ0v) is 11.2. The molecule has 0 saturated carbocycles. The van der Waals surface area contributed by atoms with Crippen molar-refractivity contribution in [3.63, 3.8) is 0 Å². The van der Waals surface area contributed by atoms with Crippen LogP contribution in [0.25, 0.3) is 33.7 Å². The minimum absolute atomic E-state index is 0.709. The molecule has 0 spiro atoms. The minimum atomic E-state index is 0.709. The zero-order chi connectivity index (χ0) is 14.1. The Morgan fingerprint density at radius 3 is 2.33 bits per heavy atom. The monoisotopic (exact) mass is 272 g/mol. The van der Waals surface area contributed by atoms with Gasteiger partial charge in [-0.3, -0.25) is 0 Å². The number of fused-ring (bicyclic) bond motifs is 1. The summed E-state index contributed by atoms with van der Waals surface area (Å²) in [4.78, 5) is 9.37. The van der Waals surface area contributed by atoms with Crippen LogP contribution < -0.4 is 0 Å². The molecule has 0 aliphatic carbocycles. The molecule has 2 heterocycles. The Hall–Kier alpha value is -2.94. The molecule has 4 rings (SSSR count). The zero-order valence-electron chi connectivity index (χ0n) is 11.2. The lowest BCUT2D eigenvalue weighted by atomic mass is 10.1. The van der Waals surface area contributed by atoms with Gasteiger partial charge in [0.25, 0.3) is 0 Å². The summed E-state index contributed by atoms with van der Waals surface area (Å²) in [6.45, 7) is 0. The Kier molecular flexibility index (Phi) is 2.75. The number of hydrogen-bond donors (Lipinski definition) is 0. The van der Waals surface area contributed by atoms with Gasteiger partial charge in [0.05, 0.1) is 11.8 Å². The normalized spacial score (nSPS) is 10.9. The first-order valence-corrected chi connectivity index (χ1v) is 6.78. The number of furan rings is 1. The summed E-state index contributed by atoms with van der Waals surface area (Å²) in [5, 5.41) is 0.993. The molecule has 100 valence electrons. The highest BCUT2D eigenvalue weighted by atomic mass is 16.3. The van der Waals surface area contributed by atoms with Crippen LogP contribution in [0.5, 0.6) is 0 Å². The number of benzene rings is 2. The predicted octanol–water partition coefficient (Wildman–Crippen LogP) is 4.56. The van der Waals surface area contributed by atoms with Crippen molar-refractivity contribution in [3.8, 4) is 22.8 Å². The van der Waals surface area contributed by atoms with Gasteiger partial charge < -0.3 is 4.42 Å². The summed E-state index contributed by atoms with van der Waals surface area (Å²) in [5.41, 5.74) is 2.73. The molecule has 0 N–H and O–H groups in total. The lowest BCUT2D eigenvalue weighted by Gasteiger charge is -2.07. The van der Waals surface area contributed by atoms with Crippen molar-refractivity contribution in [3.05, 3.63) is 73.0 Å². The average molecular weight is 272 g/mol. The van der Waals surface area contributed by atoms with Gasteiger partial charge in [-0.15, -0.1) is 0 Å². The van der Waals surface area contributed by atoms with Crippen LogP contribution >= 0.6 is 0 Å². The van der Waals surface area contributed by atoms with Gasteiger partial charge in [-0.2, -0.15) is 0 Å². The topological polar surface area (TPSA) is 38.9 Å². The Balaban J connectivity index is 2.03. The van der Waals surface area contributed by atoms with E-state index in [1.807, 2.05) is 66.7 Å². The van der Waals surface area contributed by atoms with Gasteiger partial charge >= 0.3 is 0 Å². The van der Waals surface area contributed by atoms with Gasteiger partial charge in [0, 0.05) is 10.9 Å². The van der Waals surface area contributed by atoms with E-state index in [0.29, 0.717) is 5.82 Å². The highest BCUT2D eigenvalue weighted by molar-refractivity contribution is 5.92. The fourth-order valence-corrected chi connectivity index (χ4v) is 2.39. The molecule has 21 heavy (non-hydrogen) atoms. The highest BCUT2D eigenvalue weighted by Crippen LogP contribution is 2.28. The van der Waals surface area contributed by atoms with Crippen LogP contribution in [0.15, 0.2) is 77.4 Å². The van der Waals surface area contributed by atoms with Gasteiger partial charge in [-0.05, 0) is 18.2 Å². The second-order valence-corrected chi connectivity index (χ2v) is 4.76. The summed E-state index contributed by atoms with van der Waals surface area (Å²) in [6.07, 6.45) is 1.66. The maximum atomic E-state index is 5.53. The number of nitrogens with zero attached hydrogens (tertiary/aromatic N) is 2. The number of aromatic nitrogens is 2. The number of rotatable bonds is 2. The molecular formula is C18H12N2O. The first kappa shape index (κ1) is 11.9.